The summed E-state index contributed by atoms with van der Waals surface area (Å²) >= 11 is 0. The Balaban J connectivity index is 0.00000228. The van der Waals surface area contributed by atoms with Crippen LogP contribution in [0.5, 0.6) is 5.75 Å². The Kier molecular flexibility index (Phi) is 5.53. The number of aryl methyl sites for hydroxylation is 2. The van der Waals surface area contributed by atoms with Gasteiger partial charge in [0.1, 0.15) is 23.2 Å². The van der Waals surface area contributed by atoms with Gasteiger partial charge in [-0.05, 0) is 54.8 Å². The summed E-state index contributed by atoms with van der Waals surface area (Å²) in [6.07, 6.45) is 8.55. The molecule has 6 rings (SSSR count). The normalized spacial score (nSPS) is 11.3. The second-order valence-corrected chi connectivity index (χ2v) is 8.30. The third-order valence-electron chi connectivity index (χ3n) is 6.28. The maximum absolute atomic E-state index is 9.65. The smallest absolute Gasteiger partial charge is 0.254 e. The van der Waals surface area contributed by atoms with Gasteiger partial charge in [0.2, 0.25) is 0 Å². The van der Waals surface area contributed by atoms with E-state index in [4.69, 9.17) is 0 Å². The lowest BCUT2D eigenvalue weighted by Gasteiger charge is -2.07. The molecule has 0 saturated heterocycles. The Hall–Kier alpha value is -3.76. The van der Waals surface area contributed by atoms with Crippen LogP contribution in [-0.2, 0) is 13.0 Å². The fraction of sp³-hybridized carbons (Fsp3) is 0.107. The first-order valence-electron chi connectivity index (χ1n) is 11.0. The molecule has 3 aromatic carbocycles. The number of pyridine rings is 1. The zero-order valence-electron chi connectivity index (χ0n) is 18.1. The van der Waals surface area contributed by atoms with Crippen molar-refractivity contribution in [2.75, 3.05) is 0 Å². The van der Waals surface area contributed by atoms with Crippen molar-refractivity contribution >= 4 is 27.3 Å². The van der Waals surface area contributed by atoms with Gasteiger partial charge in [0, 0.05) is 22.8 Å². The van der Waals surface area contributed by atoms with Gasteiger partial charge in [-0.3, -0.25) is 0 Å². The lowest BCUT2D eigenvalue weighted by Crippen LogP contribution is -3.00. The summed E-state index contributed by atoms with van der Waals surface area (Å²) in [5.41, 5.74) is 6.12. The molecule has 6 aromatic rings. The number of imidazole rings is 1. The molecule has 0 fully saturated rings. The van der Waals surface area contributed by atoms with E-state index in [1.54, 1.807) is 12.1 Å². The van der Waals surface area contributed by atoms with Gasteiger partial charge in [-0.1, -0.05) is 48.5 Å². The molecule has 0 saturated carbocycles. The Morgan fingerprint density at radius 1 is 0.788 bits per heavy atom. The predicted molar refractivity (Wildman–Crippen MR) is 128 cm³/mol. The molecule has 0 atom stereocenters. The molecule has 33 heavy (non-hydrogen) atoms. The van der Waals surface area contributed by atoms with E-state index in [-0.39, 0.29) is 18.2 Å². The summed E-state index contributed by atoms with van der Waals surface area (Å²) < 4.78 is 6.77. The molecule has 0 bridgehead atoms. The number of hydrogen-bond acceptors (Lipinski definition) is 1. The van der Waals surface area contributed by atoms with Gasteiger partial charge in [-0.25, -0.2) is 8.97 Å². The number of phenolic OH excluding ortho intramolecular Hbond substituents is 1. The fourth-order valence-corrected chi connectivity index (χ4v) is 4.74. The van der Waals surface area contributed by atoms with Crippen molar-refractivity contribution in [3.05, 3.63) is 109 Å². The summed E-state index contributed by atoms with van der Waals surface area (Å²) in [5, 5.41) is 12.2. The molecule has 0 aliphatic carbocycles. The highest BCUT2D eigenvalue weighted by atomic mass is 35.5. The van der Waals surface area contributed by atoms with E-state index in [0.29, 0.717) is 0 Å². The molecule has 1 N–H and O–H groups in total. The fourth-order valence-electron chi connectivity index (χ4n) is 4.74. The standard InChI is InChI=1S/C28H23N3O.ClH/c32-23-14-12-22(13-15-23)30-19-27-28-25(16-18-29(27)20-30)24-10-4-5-11-26(24)31(28)17-6-9-21-7-2-1-3-8-21;/h1-5,7-8,10-16,18-20H,6,9,17H2;1H. The van der Waals surface area contributed by atoms with Gasteiger partial charge >= 0.3 is 0 Å². The van der Waals surface area contributed by atoms with E-state index in [1.165, 1.54) is 32.9 Å². The summed E-state index contributed by atoms with van der Waals surface area (Å²) in [6, 6.07) is 28.9. The topological polar surface area (TPSA) is 34.2 Å². The second kappa shape index (κ2) is 8.64. The van der Waals surface area contributed by atoms with E-state index in [9.17, 15) is 5.11 Å². The van der Waals surface area contributed by atoms with Gasteiger partial charge in [0.15, 0.2) is 5.52 Å². The number of halogens is 1. The monoisotopic (exact) mass is 453 g/mol. The van der Waals surface area contributed by atoms with Crippen molar-refractivity contribution in [1.82, 2.24) is 9.13 Å². The summed E-state index contributed by atoms with van der Waals surface area (Å²) in [6.45, 7) is 0.961. The van der Waals surface area contributed by atoms with E-state index < -0.39 is 0 Å². The maximum atomic E-state index is 9.65. The van der Waals surface area contributed by atoms with Crippen molar-refractivity contribution < 1.29 is 21.9 Å². The minimum absolute atomic E-state index is 0. The number of para-hydroxylation sites is 1. The lowest BCUT2D eigenvalue weighted by molar-refractivity contribution is -0.510. The van der Waals surface area contributed by atoms with Gasteiger partial charge in [0.25, 0.3) is 6.33 Å². The molecule has 0 amide bonds. The molecule has 0 spiro atoms. The second-order valence-electron chi connectivity index (χ2n) is 8.30. The molecule has 5 heteroatoms. The molecule has 4 nitrogen and oxygen atoms in total. The molecular formula is C28H24ClN3O. The molecule has 0 aliphatic heterocycles. The molecule has 3 heterocycles. The van der Waals surface area contributed by atoms with Crippen LogP contribution in [0, 0.1) is 0 Å². The number of nitrogens with zero attached hydrogens (tertiary/aromatic N) is 3. The average molecular weight is 454 g/mol. The molecule has 0 radical (unpaired) electrons. The van der Waals surface area contributed by atoms with Crippen LogP contribution in [0.15, 0.2) is 104 Å². The molecular weight excluding hydrogens is 430 g/mol. The van der Waals surface area contributed by atoms with Crippen LogP contribution in [0.4, 0.5) is 0 Å². The highest BCUT2D eigenvalue weighted by Gasteiger charge is 2.18. The first kappa shape index (κ1) is 21.1. The van der Waals surface area contributed by atoms with Crippen LogP contribution in [-0.4, -0.2) is 14.2 Å². The molecule has 164 valence electrons. The van der Waals surface area contributed by atoms with E-state index in [0.717, 1.165) is 25.1 Å². The Morgan fingerprint density at radius 3 is 2.36 bits per heavy atom. The van der Waals surface area contributed by atoms with Gasteiger partial charge in [0.05, 0.1) is 6.20 Å². The number of aromatic nitrogens is 3. The van der Waals surface area contributed by atoms with Crippen molar-refractivity contribution in [3.63, 3.8) is 0 Å². The maximum Gasteiger partial charge on any atom is 0.254 e. The Labute approximate surface area is 198 Å². The van der Waals surface area contributed by atoms with Crippen molar-refractivity contribution in [3.8, 4) is 11.4 Å². The first-order chi connectivity index (χ1) is 15.8. The Bertz CT molecular complexity index is 1550. The van der Waals surface area contributed by atoms with Gasteiger partial charge in [-0.15, -0.1) is 0 Å². The van der Waals surface area contributed by atoms with Crippen LogP contribution in [0.1, 0.15) is 12.0 Å². The number of fused-ring (bicyclic) bond motifs is 5. The number of hydrogen-bond donors (Lipinski definition) is 1. The van der Waals surface area contributed by atoms with Crippen LogP contribution in [0.2, 0.25) is 0 Å². The predicted octanol–water partition coefficient (Wildman–Crippen LogP) is 2.67. The minimum atomic E-state index is 0. The number of aromatic hydroxyl groups is 1. The van der Waals surface area contributed by atoms with Crippen molar-refractivity contribution in [2.45, 2.75) is 19.4 Å². The van der Waals surface area contributed by atoms with Gasteiger partial charge < -0.3 is 22.1 Å². The van der Waals surface area contributed by atoms with Crippen LogP contribution < -0.4 is 16.8 Å². The summed E-state index contributed by atoms with van der Waals surface area (Å²) in [4.78, 5) is 0. The summed E-state index contributed by atoms with van der Waals surface area (Å²) in [5.74, 6) is 0.277. The number of rotatable bonds is 5. The number of phenols is 1. The lowest BCUT2D eigenvalue weighted by atomic mass is 10.1. The zero-order valence-corrected chi connectivity index (χ0v) is 18.9. The average Bonchev–Trinajstić information content (AvgIpc) is 3.40. The largest absolute Gasteiger partial charge is 1.00 e. The highest BCUT2D eigenvalue weighted by Crippen LogP contribution is 2.31. The quantitative estimate of drug-likeness (QED) is 0.400. The van der Waals surface area contributed by atoms with E-state index in [1.807, 2.05) is 12.1 Å². The Morgan fingerprint density at radius 2 is 1.55 bits per heavy atom. The highest BCUT2D eigenvalue weighted by molar-refractivity contribution is 6.11. The number of benzene rings is 3. The van der Waals surface area contributed by atoms with Crippen LogP contribution in [0.3, 0.4) is 0 Å². The van der Waals surface area contributed by atoms with Crippen LogP contribution >= 0.6 is 0 Å². The van der Waals surface area contributed by atoms with Crippen LogP contribution in [0.25, 0.3) is 33.0 Å². The van der Waals surface area contributed by atoms with E-state index >= 15 is 0 Å². The third-order valence-corrected chi connectivity index (χ3v) is 6.28. The van der Waals surface area contributed by atoms with E-state index in [2.05, 4.69) is 92.9 Å². The zero-order chi connectivity index (χ0) is 21.5. The SMILES string of the molecule is Oc1ccc(-n2cc3c4c(cc[n+]3c2)c2ccccc2n4CCCc2ccccc2)cc1.[Cl-]. The molecule has 3 aromatic heterocycles. The first-order valence-corrected chi connectivity index (χ1v) is 11.0. The van der Waals surface area contributed by atoms with Gasteiger partial charge in [-0.2, -0.15) is 0 Å². The van der Waals surface area contributed by atoms with Crippen molar-refractivity contribution in [1.29, 1.82) is 0 Å². The van der Waals surface area contributed by atoms with Crippen molar-refractivity contribution in [2.24, 2.45) is 0 Å². The molecule has 0 unspecified atom stereocenters. The molecule has 0 aliphatic rings. The minimum Gasteiger partial charge on any atom is -1.00 e. The summed E-state index contributed by atoms with van der Waals surface area (Å²) in [7, 11) is 0. The third kappa shape index (κ3) is 3.73.